The Kier molecular flexibility index (Phi) is 7.37. The number of nitrogens with two attached hydrogens (primary N) is 1. The number of methoxy groups -OCH3 is 1. The molecule has 0 bridgehead atoms. The van der Waals surface area contributed by atoms with Crippen LogP contribution in [0.1, 0.15) is 42.5 Å². The van der Waals surface area contributed by atoms with Gasteiger partial charge in [0.05, 0.1) is 26.2 Å². The molecule has 1 saturated heterocycles. The van der Waals surface area contributed by atoms with Gasteiger partial charge in [-0.1, -0.05) is 19.4 Å². The molecule has 1 aromatic carbocycles. The average Bonchev–Trinajstić information content (AvgIpc) is 3.24. The summed E-state index contributed by atoms with van der Waals surface area (Å²) in [5.41, 5.74) is 9.15. The van der Waals surface area contributed by atoms with Crippen molar-refractivity contribution in [3.63, 3.8) is 0 Å². The first-order valence-electron chi connectivity index (χ1n) is 11.4. The van der Waals surface area contributed by atoms with E-state index in [1.807, 2.05) is 18.2 Å². The van der Waals surface area contributed by atoms with Crippen LogP contribution in [0.2, 0.25) is 0 Å². The fraction of sp³-hybridized carbons (Fsp3) is 0.500. The smallest absolute Gasteiger partial charge is 0.244 e. The van der Waals surface area contributed by atoms with Crippen molar-refractivity contribution in [1.82, 2.24) is 15.1 Å². The molecule has 4 rings (SSSR count). The van der Waals surface area contributed by atoms with E-state index >= 15 is 0 Å². The Labute approximate surface area is 194 Å². The number of nitrogens with zero attached hydrogens (tertiary/aromatic N) is 3. The summed E-state index contributed by atoms with van der Waals surface area (Å²) in [5, 5.41) is 17.3. The minimum atomic E-state index is -0.388. The van der Waals surface area contributed by atoms with Crippen LogP contribution in [0.5, 0.6) is 17.4 Å². The number of fused-ring (bicyclic) bond motifs is 1. The van der Waals surface area contributed by atoms with Crippen molar-refractivity contribution in [2.24, 2.45) is 5.73 Å². The van der Waals surface area contributed by atoms with Gasteiger partial charge < -0.3 is 24.7 Å². The van der Waals surface area contributed by atoms with Gasteiger partial charge in [0.1, 0.15) is 18.2 Å². The summed E-state index contributed by atoms with van der Waals surface area (Å²) in [6, 6.07) is 7.99. The monoisotopic (exact) mass is 453 g/mol. The van der Waals surface area contributed by atoms with Crippen LogP contribution in [-0.2, 0) is 11.2 Å². The van der Waals surface area contributed by atoms with Crippen LogP contribution in [0.3, 0.4) is 0 Å². The van der Waals surface area contributed by atoms with Crippen LogP contribution in [0, 0.1) is 11.3 Å². The highest BCUT2D eigenvalue weighted by atomic mass is 16.5. The fourth-order valence-corrected chi connectivity index (χ4v) is 4.28. The molecule has 0 radical (unpaired) electrons. The number of aromatic amines is 1. The summed E-state index contributed by atoms with van der Waals surface area (Å²) in [6.45, 7) is 6.87. The molecule has 2 aliphatic rings. The number of rotatable bonds is 9. The van der Waals surface area contributed by atoms with Crippen LogP contribution >= 0.6 is 0 Å². The second-order valence-electron chi connectivity index (χ2n) is 8.16. The molecular weight excluding hydrogens is 422 g/mol. The Bertz CT molecular complexity index is 1040. The summed E-state index contributed by atoms with van der Waals surface area (Å²) in [5.74, 6) is 1.38. The molecule has 1 fully saturated rings. The number of nitriles is 1. The summed E-state index contributed by atoms with van der Waals surface area (Å²) >= 11 is 0. The van der Waals surface area contributed by atoms with E-state index in [0.717, 1.165) is 68.9 Å². The Morgan fingerprint density at radius 2 is 2.12 bits per heavy atom. The molecule has 3 heterocycles. The largest absolute Gasteiger partial charge is 0.493 e. The molecule has 3 N–H and O–H groups in total. The maximum Gasteiger partial charge on any atom is 0.244 e. The number of allylic oxidation sites excluding steroid dienone is 1. The number of aromatic nitrogens is 2. The maximum atomic E-state index is 9.88. The minimum absolute atomic E-state index is 0.0772. The molecule has 176 valence electrons. The maximum absolute atomic E-state index is 9.88. The van der Waals surface area contributed by atoms with Crippen LogP contribution in [-0.4, -0.2) is 61.7 Å². The topological polar surface area (TPSA) is 119 Å². The number of nitrogens with one attached hydrogen (secondary N) is 1. The third kappa shape index (κ3) is 4.92. The van der Waals surface area contributed by atoms with Gasteiger partial charge in [0, 0.05) is 30.9 Å². The molecule has 1 aromatic heterocycles. The SMILES string of the molecule is CCCCc1[nH]nc2c1C(c1ccc(OCCN3CCOCC3)c(OC)c1)C(C#N)=C(N)O2. The lowest BCUT2D eigenvalue weighted by Crippen LogP contribution is -2.38. The van der Waals surface area contributed by atoms with E-state index in [4.69, 9.17) is 24.7 Å². The van der Waals surface area contributed by atoms with Gasteiger partial charge in [0.15, 0.2) is 11.5 Å². The molecule has 0 aliphatic carbocycles. The van der Waals surface area contributed by atoms with Crippen molar-refractivity contribution in [2.45, 2.75) is 32.1 Å². The number of aryl methyl sites for hydroxylation is 1. The summed E-state index contributed by atoms with van der Waals surface area (Å²) in [6.07, 6.45) is 2.87. The number of ether oxygens (including phenoxy) is 4. The third-order valence-corrected chi connectivity index (χ3v) is 6.09. The van der Waals surface area contributed by atoms with E-state index < -0.39 is 0 Å². The molecule has 0 amide bonds. The van der Waals surface area contributed by atoms with E-state index in [-0.39, 0.29) is 11.8 Å². The first kappa shape index (κ1) is 23.0. The van der Waals surface area contributed by atoms with E-state index in [0.29, 0.717) is 29.6 Å². The van der Waals surface area contributed by atoms with E-state index in [1.165, 1.54) is 0 Å². The van der Waals surface area contributed by atoms with Crippen molar-refractivity contribution in [1.29, 1.82) is 5.26 Å². The van der Waals surface area contributed by atoms with Gasteiger partial charge in [-0.2, -0.15) is 5.26 Å². The lowest BCUT2D eigenvalue weighted by molar-refractivity contribution is 0.0321. The van der Waals surface area contributed by atoms with Gasteiger partial charge in [-0.05, 0) is 30.5 Å². The van der Waals surface area contributed by atoms with Crippen molar-refractivity contribution in [2.75, 3.05) is 46.6 Å². The van der Waals surface area contributed by atoms with Crippen molar-refractivity contribution < 1.29 is 18.9 Å². The fourth-order valence-electron chi connectivity index (χ4n) is 4.28. The van der Waals surface area contributed by atoms with Gasteiger partial charge in [-0.3, -0.25) is 10.00 Å². The highest BCUT2D eigenvalue weighted by Gasteiger charge is 2.35. The van der Waals surface area contributed by atoms with Crippen molar-refractivity contribution in [3.8, 4) is 23.4 Å². The normalized spacial score (nSPS) is 18.4. The van der Waals surface area contributed by atoms with Crippen molar-refractivity contribution >= 4 is 0 Å². The lowest BCUT2D eigenvalue weighted by Gasteiger charge is -2.27. The summed E-state index contributed by atoms with van der Waals surface area (Å²) in [7, 11) is 1.61. The lowest BCUT2D eigenvalue weighted by atomic mass is 9.83. The minimum Gasteiger partial charge on any atom is -0.493 e. The van der Waals surface area contributed by atoms with Gasteiger partial charge in [-0.15, -0.1) is 5.10 Å². The zero-order valence-corrected chi connectivity index (χ0v) is 19.2. The first-order valence-corrected chi connectivity index (χ1v) is 11.4. The molecule has 2 aliphatic heterocycles. The Balaban J connectivity index is 1.59. The van der Waals surface area contributed by atoms with Gasteiger partial charge in [0.25, 0.3) is 0 Å². The highest BCUT2D eigenvalue weighted by molar-refractivity contribution is 5.57. The van der Waals surface area contributed by atoms with E-state index in [2.05, 4.69) is 28.1 Å². The van der Waals surface area contributed by atoms with E-state index in [9.17, 15) is 5.26 Å². The number of unbranched alkanes of at least 4 members (excludes halogenated alkanes) is 1. The second-order valence-corrected chi connectivity index (χ2v) is 8.16. The number of hydrogen-bond donors (Lipinski definition) is 2. The van der Waals surface area contributed by atoms with Gasteiger partial charge in [-0.25, -0.2) is 0 Å². The molecule has 0 saturated carbocycles. The quantitative estimate of drug-likeness (QED) is 0.595. The molecule has 0 spiro atoms. The van der Waals surface area contributed by atoms with Gasteiger partial charge in [0.2, 0.25) is 11.8 Å². The predicted molar refractivity (Wildman–Crippen MR) is 122 cm³/mol. The molecule has 1 atom stereocenters. The number of hydrogen-bond acceptors (Lipinski definition) is 8. The molecular formula is C24H31N5O4. The predicted octanol–water partition coefficient (Wildman–Crippen LogP) is 2.69. The third-order valence-electron chi connectivity index (χ3n) is 6.09. The summed E-state index contributed by atoms with van der Waals surface area (Å²) in [4.78, 5) is 2.32. The Morgan fingerprint density at radius 3 is 2.85 bits per heavy atom. The first-order chi connectivity index (χ1) is 16.2. The Hall–Kier alpha value is -3.22. The second kappa shape index (κ2) is 10.6. The zero-order valence-electron chi connectivity index (χ0n) is 19.2. The number of H-pyrrole nitrogens is 1. The average molecular weight is 454 g/mol. The van der Waals surface area contributed by atoms with Crippen LogP contribution in [0.15, 0.2) is 29.7 Å². The molecule has 2 aromatic rings. The van der Waals surface area contributed by atoms with Crippen LogP contribution in [0.25, 0.3) is 0 Å². The molecule has 9 heteroatoms. The highest BCUT2D eigenvalue weighted by Crippen LogP contribution is 2.44. The Morgan fingerprint density at radius 1 is 1.30 bits per heavy atom. The van der Waals surface area contributed by atoms with Crippen LogP contribution < -0.4 is 19.9 Å². The standard InChI is InChI=1S/C24H31N5O4/c1-3-4-5-18-22-21(17(15-25)23(26)33-24(22)28-27-18)16-6-7-19(20(14-16)30-2)32-13-10-29-8-11-31-12-9-29/h6-7,14,21H,3-5,8-13,26H2,1-2H3,(H,27,28). The molecule has 33 heavy (non-hydrogen) atoms. The molecule has 9 nitrogen and oxygen atoms in total. The van der Waals surface area contributed by atoms with E-state index in [1.54, 1.807) is 7.11 Å². The molecule has 1 unspecified atom stereocenters. The van der Waals surface area contributed by atoms with Crippen molar-refractivity contribution in [3.05, 3.63) is 46.5 Å². The summed E-state index contributed by atoms with van der Waals surface area (Å²) < 4.78 is 22.7. The van der Waals surface area contributed by atoms with Gasteiger partial charge >= 0.3 is 0 Å². The zero-order chi connectivity index (χ0) is 23.2. The number of benzene rings is 1. The number of morpholine rings is 1. The van der Waals surface area contributed by atoms with Crippen LogP contribution in [0.4, 0.5) is 0 Å².